The van der Waals surface area contributed by atoms with E-state index in [1.165, 1.54) is 6.33 Å². The molecule has 0 aliphatic heterocycles. The zero-order valence-corrected chi connectivity index (χ0v) is 7.37. The number of aromatic nitrogens is 2. The van der Waals surface area contributed by atoms with Crippen LogP contribution in [0.25, 0.3) is 0 Å². The zero-order chi connectivity index (χ0) is 8.97. The summed E-state index contributed by atoms with van der Waals surface area (Å²) >= 11 is 0. The second-order valence-corrected chi connectivity index (χ2v) is 2.84. The summed E-state index contributed by atoms with van der Waals surface area (Å²) in [6.45, 7) is 3.52. The molecule has 0 N–H and O–H groups in total. The summed E-state index contributed by atoms with van der Waals surface area (Å²) < 4.78 is 0. The molecule has 0 aliphatic carbocycles. The molecule has 0 aromatic carbocycles. The van der Waals surface area contributed by atoms with Crippen LogP contribution in [-0.4, -0.2) is 15.8 Å². The maximum absolute atomic E-state index is 10.7. The van der Waals surface area contributed by atoms with Gasteiger partial charge in [0.1, 0.15) is 12.1 Å². The average Bonchev–Trinajstić information content (AvgIpc) is 2.03. The lowest BCUT2D eigenvalue weighted by Crippen LogP contribution is -1.98. The minimum absolute atomic E-state index is 0.207. The highest BCUT2D eigenvalue weighted by Crippen LogP contribution is 2.04. The van der Waals surface area contributed by atoms with Crippen molar-refractivity contribution in [2.45, 2.75) is 26.7 Å². The van der Waals surface area contributed by atoms with Crippen molar-refractivity contribution in [1.29, 1.82) is 0 Å². The van der Waals surface area contributed by atoms with E-state index in [1.807, 2.05) is 6.92 Å². The molecule has 0 unspecified atom stereocenters. The lowest BCUT2D eigenvalue weighted by molar-refractivity contribution is -0.116. The SMILES string of the molecule is CC(=O)CCc1cncnc1C. The molecule has 0 saturated heterocycles. The Morgan fingerprint density at radius 3 is 2.92 bits per heavy atom. The molecule has 64 valence electrons. The van der Waals surface area contributed by atoms with E-state index in [0.29, 0.717) is 6.42 Å². The number of nitrogens with zero attached hydrogens (tertiary/aromatic N) is 2. The summed E-state index contributed by atoms with van der Waals surface area (Å²) in [5.74, 6) is 0.207. The molecule has 0 bridgehead atoms. The Morgan fingerprint density at radius 2 is 2.33 bits per heavy atom. The topological polar surface area (TPSA) is 42.9 Å². The third kappa shape index (κ3) is 2.42. The van der Waals surface area contributed by atoms with Gasteiger partial charge in [0.25, 0.3) is 0 Å². The van der Waals surface area contributed by atoms with Crippen molar-refractivity contribution in [2.75, 3.05) is 0 Å². The number of ketones is 1. The van der Waals surface area contributed by atoms with Crippen LogP contribution >= 0.6 is 0 Å². The number of rotatable bonds is 3. The molecule has 3 heteroatoms. The average molecular weight is 164 g/mol. The van der Waals surface area contributed by atoms with Crippen LogP contribution in [-0.2, 0) is 11.2 Å². The third-order valence-electron chi connectivity index (χ3n) is 1.76. The first-order valence-electron chi connectivity index (χ1n) is 3.95. The maximum atomic E-state index is 10.7. The largest absolute Gasteiger partial charge is 0.300 e. The number of carbonyl (C=O) groups excluding carboxylic acids is 1. The van der Waals surface area contributed by atoms with Crippen LogP contribution in [0.4, 0.5) is 0 Å². The van der Waals surface area contributed by atoms with Crippen LogP contribution in [0.3, 0.4) is 0 Å². The summed E-state index contributed by atoms with van der Waals surface area (Å²) in [4.78, 5) is 18.6. The molecule has 0 spiro atoms. The van der Waals surface area contributed by atoms with Gasteiger partial charge in [0, 0.05) is 18.3 Å². The fourth-order valence-electron chi connectivity index (χ4n) is 0.976. The normalized spacial score (nSPS) is 9.83. The van der Waals surface area contributed by atoms with E-state index in [-0.39, 0.29) is 5.78 Å². The molecule has 1 heterocycles. The Morgan fingerprint density at radius 1 is 1.58 bits per heavy atom. The van der Waals surface area contributed by atoms with Crippen molar-refractivity contribution >= 4 is 5.78 Å². The highest BCUT2D eigenvalue weighted by molar-refractivity contribution is 5.75. The first-order valence-corrected chi connectivity index (χ1v) is 3.95. The van der Waals surface area contributed by atoms with Gasteiger partial charge in [-0.1, -0.05) is 0 Å². The van der Waals surface area contributed by atoms with Gasteiger partial charge >= 0.3 is 0 Å². The van der Waals surface area contributed by atoms with Crippen molar-refractivity contribution in [3.8, 4) is 0 Å². The molecule has 0 amide bonds. The van der Waals surface area contributed by atoms with E-state index in [2.05, 4.69) is 9.97 Å². The van der Waals surface area contributed by atoms with Gasteiger partial charge in [0.2, 0.25) is 0 Å². The highest BCUT2D eigenvalue weighted by Gasteiger charge is 2.00. The van der Waals surface area contributed by atoms with E-state index in [0.717, 1.165) is 17.7 Å². The molecular weight excluding hydrogens is 152 g/mol. The van der Waals surface area contributed by atoms with Crippen molar-refractivity contribution in [2.24, 2.45) is 0 Å². The number of carbonyl (C=O) groups is 1. The Labute approximate surface area is 71.9 Å². The minimum Gasteiger partial charge on any atom is -0.300 e. The smallest absolute Gasteiger partial charge is 0.130 e. The fourth-order valence-corrected chi connectivity index (χ4v) is 0.976. The predicted molar refractivity (Wildman–Crippen MR) is 45.8 cm³/mol. The first-order chi connectivity index (χ1) is 5.70. The molecule has 1 aromatic rings. The second kappa shape index (κ2) is 3.95. The summed E-state index contributed by atoms with van der Waals surface area (Å²) in [6.07, 6.45) is 4.62. The minimum atomic E-state index is 0.207. The lowest BCUT2D eigenvalue weighted by Gasteiger charge is -2.00. The van der Waals surface area contributed by atoms with Crippen LogP contribution in [0, 0.1) is 6.92 Å². The number of Topliss-reactive ketones (excluding diaryl/α,β-unsaturated/α-hetero) is 1. The quantitative estimate of drug-likeness (QED) is 0.676. The van der Waals surface area contributed by atoms with Gasteiger partial charge in [-0.3, -0.25) is 0 Å². The number of aryl methyl sites for hydroxylation is 2. The van der Waals surface area contributed by atoms with Crippen molar-refractivity contribution in [3.05, 3.63) is 23.8 Å². The van der Waals surface area contributed by atoms with E-state index >= 15 is 0 Å². The number of hydrogen-bond acceptors (Lipinski definition) is 3. The van der Waals surface area contributed by atoms with Crippen molar-refractivity contribution in [1.82, 2.24) is 9.97 Å². The van der Waals surface area contributed by atoms with Gasteiger partial charge in [-0.25, -0.2) is 9.97 Å². The summed E-state index contributed by atoms with van der Waals surface area (Å²) in [7, 11) is 0. The zero-order valence-electron chi connectivity index (χ0n) is 7.37. The Hall–Kier alpha value is -1.25. The van der Waals surface area contributed by atoms with Crippen LogP contribution in [0.15, 0.2) is 12.5 Å². The number of hydrogen-bond donors (Lipinski definition) is 0. The van der Waals surface area contributed by atoms with Crippen LogP contribution < -0.4 is 0 Å². The Kier molecular flexibility index (Phi) is 2.91. The molecule has 0 saturated carbocycles. The molecule has 0 aliphatic rings. The van der Waals surface area contributed by atoms with E-state index in [9.17, 15) is 4.79 Å². The molecule has 12 heavy (non-hydrogen) atoms. The van der Waals surface area contributed by atoms with Crippen LogP contribution in [0.1, 0.15) is 24.6 Å². The molecule has 1 aromatic heterocycles. The van der Waals surface area contributed by atoms with E-state index in [1.54, 1.807) is 13.1 Å². The molecule has 0 radical (unpaired) electrons. The monoisotopic (exact) mass is 164 g/mol. The van der Waals surface area contributed by atoms with Gasteiger partial charge in [-0.05, 0) is 25.8 Å². The maximum Gasteiger partial charge on any atom is 0.130 e. The highest BCUT2D eigenvalue weighted by atomic mass is 16.1. The van der Waals surface area contributed by atoms with Crippen molar-refractivity contribution in [3.63, 3.8) is 0 Å². The van der Waals surface area contributed by atoms with Crippen LogP contribution in [0.2, 0.25) is 0 Å². The van der Waals surface area contributed by atoms with E-state index in [4.69, 9.17) is 0 Å². The summed E-state index contributed by atoms with van der Waals surface area (Å²) in [6, 6.07) is 0. The summed E-state index contributed by atoms with van der Waals surface area (Å²) in [5.41, 5.74) is 2.03. The van der Waals surface area contributed by atoms with Gasteiger partial charge in [-0.15, -0.1) is 0 Å². The Bertz CT molecular complexity index is 284. The molecule has 0 atom stereocenters. The fraction of sp³-hybridized carbons (Fsp3) is 0.444. The standard InChI is InChI=1S/C9H12N2O/c1-7(12)3-4-9-5-10-6-11-8(9)2/h5-6H,3-4H2,1-2H3. The van der Waals surface area contributed by atoms with Gasteiger partial charge in [-0.2, -0.15) is 0 Å². The Balaban J connectivity index is 2.63. The van der Waals surface area contributed by atoms with Crippen LogP contribution in [0.5, 0.6) is 0 Å². The van der Waals surface area contributed by atoms with Crippen molar-refractivity contribution < 1.29 is 4.79 Å². The molecule has 1 rings (SSSR count). The molecular formula is C9H12N2O. The molecule has 0 fully saturated rings. The predicted octanol–water partition coefficient (Wildman–Crippen LogP) is 1.31. The van der Waals surface area contributed by atoms with E-state index < -0.39 is 0 Å². The first kappa shape index (κ1) is 8.84. The molecule has 3 nitrogen and oxygen atoms in total. The third-order valence-corrected chi connectivity index (χ3v) is 1.76. The lowest BCUT2D eigenvalue weighted by atomic mass is 10.1. The second-order valence-electron chi connectivity index (χ2n) is 2.84. The van der Waals surface area contributed by atoms with Gasteiger partial charge in [0.05, 0.1) is 0 Å². The van der Waals surface area contributed by atoms with Gasteiger partial charge in [0.15, 0.2) is 0 Å². The van der Waals surface area contributed by atoms with Gasteiger partial charge < -0.3 is 4.79 Å². The summed E-state index contributed by atoms with van der Waals surface area (Å²) in [5, 5.41) is 0.